The number of carbonyl (C=O) groups is 3. The molecule has 4 rings (SSSR count). The first-order valence-corrected chi connectivity index (χ1v) is 10.0. The Morgan fingerprint density at radius 2 is 1.90 bits per heavy atom. The zero-order chi connectivity index (χ0) is 21.4. The lowest BCUT2D eigenvalue weighted by Crippen LogP contribution is -2.30. The first-order chi connectivity index (χ1) is 14.4. The van der Waals surface area contributed by atoms with E-state index in [-0.39, 0.29) is 24.7 Å². The van der Waals surface area contributed by atoms with Gasteiger partial charge in [-0.25, -0.2) is 0 Å². The summed E-state index contributed by atoms with van der Waals surface area (Å²) in [4.78, 5) is 42.8. The number of ketones is 1. The average molecular weight is 404 g/mol. The lowest BCUT2D eigenvalue weighted by Gasteiger charge is -2.20. The second kappa shape index (κ2) is 7.78. The summed E-state index contributed by atoms with van der Waals surface area (Å²) in [6.07, 6.45) is 0.792. The first-order valence-electron chi connectivity index (χ1n) is 10.0. The predicted octanol–water partition coefficient (Wildman–Crippen LogP) is 3.95. The van der Waals surface area contributed by atoms with Crippen LogP contribution in [0.3, 0.4) is 0 Å². The van der Waals surface area contributed by atoms with Crippen LogP contribution >= 0.6 is 0 Å². The number of fused-ring (bicyclic) bond motifs is 1. The quantitative estimate of drug-likeness (QED) is 0.516. The molecule has 30 heavy (non-hydrogen) atoms. The molecule has 2 aromatic carbocycles. The summed E-state index contributed by atoms with van der Waals surface area (Å²) < 4.78 is 5.47. The van der Waals surface area contributed by atoms with Gasteiger partial charge in [0.25, 0.3) is 0 Å². The summed E-state index contributed by atoms with van der Waals surface area (Å²) in [5.74, 6) is -1.48. The van der Waals surface area contributed by atoms with Gasteiger partial charge in [0.05, 0.1) is 5.92 Å². The lowest BCUT2D eigenvalue weighted by atomic mass is 10.1. The molecule has 1 fully saturated rings. The number of anilines is 1. The minimum absolute atomic E-state index is 0.0835. The molecule has 6 heteroatoms. The third-order valence-electron chi connectivity index (χ3n) is 5.84. The van der Waals surface area contributed by atoms with Gasteiger partial charge in [-0.3, -0.25) is 14.4 Å². The van der Waals surface area contributed by atoms with Crippen LogP contribution in [0.2, 0.25) is 0 Å². The number of esters is 1. The number of amides is 1. The molecule has 1 aromatic heterocycles. The molecule has 0 radical (unpaired) electrons. The van der Waals surface area contributed by atoms with Gasteiger partial charge in [-0.1, -0.05) is 30.3 Å². The largest absolute Gasteiger partial charge is 0.454 e. The molecule has 0 aliphatic carbocycles. The van der Waals surface area contributed by atoms with Gasteiger partial charge in [-0.2, -0.15) is 0 Å². The number of Topliss-reactive ketones (excluding diaryl/α,β-unsaturated/α-hetero) is 1. The summed E-state index contributed by atoms with van der Waals surface area (Å²) >= 11 is 0. The topological polar surface area (TPSA) is 79.5 Å². The number of rotatable bonds is 5. The smallest absolute Gasteiger partial charge is 0.312 e. The highest BCUT2D eigenvalue weighted by Gasteiger charge is 2.38. The Labute approximate surface area is 174 Å². The average Bonchev–Trinajstić information content (AvgIpc) is 3.33. The van der Waals surface area contributed by atoms with E-state index in [2.05, 4.69) is 4.98 Å². The fraction of sp³-hybridized carbons (Fsp3) is 0.292. The van der Waals surface area contributed by atoms with Crippen LogP contribution in [-0.2, 0) is 14.3 Å². The number of carbonyl (C=O) groups excluding carboxylic acids is 3. The lowest BCUT2D eigenvalue weighted by molar-refractivity contribution is -0.151. The number of H-pyrrole nitrogens is 1. The molecule has 0 saturated carbocycles. The fourth-order valence-corrected chi connectivity index (χ4v) is 3.94. The van der Waals surface area contributed by atoms with E-state index in [1.807, 2.05) is 56.3 Å². The number of hydrogen-bond donors (Lipinski definition) is 1. The molecule has 3 aromatic rings. The summed E-state index contributed by atoms with van der Waals surface area (Å²) in [5.41, 5.74) is 4.26. The molecular formula is C24H24N2O4. The number of aromatic nitrogens is 1. The van der Waals surface area contributed by atoms with Crippen LogP contribution in [0.25, 0.3) is 10.9 Å². The molecule has 6 nitrogen and oxygen atoms in total. The third-order valence-corrected chi connectivity index (χ3v) is 5.84. The van der Waals surface area contributed by atoms with Crippen molar-refractivity contribution in [3.05, 3.63) is 65.4 Å². The summed E-state index contributed by atoms with van der Waals surface area (Å²) in [6.45, 7) is 5.78. The normalized spacial score (nSPS) is 17.4. The number of nitrogens with one attached hydrogen (secondary N) is 1. The SMILES string of the molecule is Cc1cccc(N2C[C@H](C(=O)O[C@H](C)C(=O)c3c[nH]c4ccccc34)CC2=O)c1C. The van der Waals surface area contributed by atoms with Gasteiger partial charge in [0.2, 0.25) is 11.7 Å². The number of hydrogen-bond acceptors (Lipinski definition) is 4. The Balaban J connectivity index is 1.45. The molecule has 1 aliphatic heterocycles. The molecule has 0 unspecified atom stereocenters. The molecule has 2 atom stereocenters. The van der Waals surface area contributed by atoms with Crippen LogP contribution in [0, 0.1) is 19.8 Å². The second-order valence-corrected chi connectivity index (χ2v) is 7.82. The van der Waals surface area contributed by atoms with Crippen LogP contribution in [0.5, 0.6) is 0 Å². The van der Waals surface area contributed by atoms with E-state index in [0.717, 1.165) is 27.7 Å². The summed E-state index contributed by atoms with van der Waals surface area (Å²) in [6, 6.07) is 13.3. The summed E-state index contributed by atoms with van der Waals surface area (Å²) in [7, 11) is 0. The van der Waals surface area contributed by atoms with Gasteiger partial charge in [0, 0.05) is 41.3 Å². The highest BCUT2D eigenvalue weighted by Crippen LogP contribution is 2.30. The molecule has 154 valence electrons. The molecule has 1 aliphatic rings. The predicted molar refractivity (Wildman–Crippen MR) is 115 cm³/mol. The maximum Gasteiger partial charge on any atom is 0.312 e. The second-order valence-electron chi connectivity index (χ2n) is 7.82. The number of ether oxygens (including phenoxy) is 1. The van der Waals surface area contributed by atoms with Gasteiger partial charge in [0.15, 0.2) is 6.10 Å². The van der Waals surface area contributed by atoms with E-state index in [1.54, 1.807) is 18.0 Å². The molecule has 1 N–H and O–H groups in total. The van der Waals surface area contributed by atoms with Crippen molar-refractivity contribution in [3.63, 3.8) is 0 Å². The van der Waals surface area contributed by atoms with Crippen molar-refractivity contribution in [3.8, 4) is 0 Å². The van der Waals surface area contributed by atoms with Gasteiger partial charge in [-0.05, 0) is 44.0 Å². The van der Waals surface area contributed by atoms with Crippen molar-refractivity contribution >= 4 is 34.3 Å². The molecule has 1 saturated heterocycles. The Bertz CT molecular complexity index is 1150. The molecule has 1 amide bonds. The fourth-order valence-electron chi connectivity index (χ4n) is 3.94. The van der Waals surface area contributed by atoms with Crippen LogP contribution in [0.1, 0.15) is 34.8 Å². The van der Waals surface area contributed by atoms with Crippen LogP contribution in [0.15, 0.2) is 48.7 Å². The van der Waals surface area contributed by atoms with E-state index in [1.165, 1.54) is 0 Å². The Kier molecular flexibility index (Phi) is 5.16. The summed E-state index contributed by atoms with van der Waals surface area (Å²) in [5, 5.41) is 0.794. The van der Waals surface area contributed by atoms with E-state index in [4.69, 9.17) is 4.74 Å². The number of aromatic amines is 1. The van der Waals surface area contributed by atoms with Crippen LogP contribution in [-0.4, -0.2) is 35.3 Å². The maximum absolute atomic E-state index is 12.8. The zero-order valence-corrected chi connectivity index (χ0v) is 17.3. The van der Waals surface area contributed by atoms with Crippen molar-refractivity contribution in [1.29, 1.82) is 0 Å². The Morgan fingerprint density at radius 3 is 2.70 bits per heavy atom. The van der Waals surface area contributed by atoms with Gasteiger partial charge >= 0.3 is 5.97 Å². The maximum atomic E-state index is 12.8. The van der Waals surface area contributed by atoms with Crippen molar-refractivity contribution in [1.82, 2.24) is 4.98 Å². The van der Waals surface area contributed by atoms with Gasteiger partial charge in [0.1, 0.15) is 0 Å². The highest BCUT2D eigenvalue weighted by atomic mass is 16.5. The Hall–Kier alpha value is -3.41. The minimum atomic E-state index is -0.929. The number of aryl methyl sites for hydroxylation is 1. The van der Waals surface area contributed by atoms with Crippen molar-refractivity contribution in [2.45, 2.75) is 33.3 Å². The van der Waals surface area contributed by atoms with Gasteiger partial charge in [-0.15, -0.1) is 0 Å². The first kappa shape index (κ1) is 19.9. The third kappa shape index (κ3) is 3.49. The molecule has 2 heterocycles. The van der Waals surface area contributed by atoms with Crippen LogP contribution in [0.4, 0.5) is 5.69 Å². The highest BCUT2D eigenvalue weighted by molar-refractivity contribution is 6.10. The number of benzene rings is 2. The van der Waals surface area contributed by atoms with Crippen molar-refractivity contribution in [2.75, 3.05) is 11.4 Å². The Morgan fingerprint density at radius 1 is 1.13 bits per heavy atom. The monoisotopic (exact) mass is 404 g/mol. The molecule has 0 spiro atoms. The number of nitrogens with zero attached hydrogens (tertiary/aromatic N) is 1. The minimum Gasteiger partial charge on any atom is -0.454 e. The van der Waals surface area contributed by atoms with E-state index < -0.39 is 18.0 Å². The van der Waals surface area contributed by atoms with E-state index in [0.29, 0.717) is 5.56 Å². The zero-order valence-electron chi connectivity index (χ0n) is 17.3. The van der Waals surface area contributed by atoms with Gasteiger partial charge < -0.3 is 14.6 Å². The molecular weight excluding hydrogens is 380 g/mol. The van der Waals surface area contributed by atoms with Crippen LogP contribution < -0.4 is 4.90 Å². The van der Waals surface area contributed by atoms with E-state index >= 15 is 0 Å². The van der Waals surface area contributed by atoms with Crippen molar-refractivity contribution < 1.29 is 19.1 Å². The van der Waals surface area contributed by atoms with Crippen molar-refractivity contribution in [2.24, 2.45) is 5.92 Å². The standard InChI is InChI=1S/C24H24N2O4/c1-14-7-6-10-21(15(14)2)26-13-17(11-22(26)27)24(29)30-16(3)23(28)19-12-25-20-9-5-4-8-18(19)20/h4-10,12,16-17,25H,11,13H2,1-3H3/t16-,17-/m1/s1. The molecule has 0 bridgehead atoms. The van der Waals surface area contributed by atoms with E-state index in [9.17, 15) is 14.4 Å². The number of para-hydroxylation sites is 1.